The lowest BCUT2D eigenvalue weighted by atomic mass is 10.1. The van der Waals surface area contributed by atoms with Crippen LogP contribution in [0.5, 0.6) is 0 Å². The smallest absolute Gasteiger partial charge is 0.0715 e. The molecule has 0 radical (unpaired) electrons. The zero-order valence-corrected chi connectivity index (χ0v) is 8.22. The quantitative estimate of drug-likeness (QED) is 0.766. The summed E-state index contributed by atoms with van der Waals surface area (Å²) in [6, 6.07) is 5.06. The number of aryl methyl sites for hydroxylation is 1. The summed E-state index contributed by atoms with van der Waals surface area (Å²) >= 11 is 3.23. The maximum Gasteiger partial charge on any atom is 0.0715 e. The average molecular weight is 228 g/mol. The predicted molar refractivity (Wildman–Crippen MR) is 47.9 cm³/mol. The standard InChI is InChI=1S/C9H9BrO2/c1-2-6-3-7(9(11)12)5-8(10)4-6/h3-5H,2H2,1H3,(H,11,12)/p-1. The van der Waals surface area contributed by atoms with Gasteiger partial charge in [0.05, 0.1) is 5.97 Å². The van der Waals surface area contributed by atoms with E-state index in [2.05, 4.69) is 15.9 Å². The normalized spacial score (nSPS) is 9.83. The number of hydrogen-bond donors (Lipinski definition) is 0. The third-order valence-corrected chi connectivity index (χ3v) is 2.06. The molecule has 0 atom stereocenters. The summed E-state index contributed by atoms with van der Waals surface area (Å²) in [6.07, 6.45) is 0.819. The van der Waals surface area contributed by atoms with Crippen LogP contribution in [0.3, 0.4) is 0 Å². The first-order chi connectivity index (χ1) is 5.63. The second-order valence-corrected chi connectivity index (χ2v) is 3.40. The molecule has 0 saturated heterocycles. The molecule has 0 saturated carbocycles. The summed E-state index contributed by atoms with van der Waals surface area (Å²) in [5, 5.41) is 10.5. The maximum absolute atomic E-state index is 10.5. The monoisotopic (exact) mass is 227 g/mol. The van der Waals surface area contributed by atoms with E-state index in [0.29, 0.717) is 0 Å². The van der Waals surface area contributed by atoms with Crippen molar-refractivity contribution in [3.63, 3.8) is 0 Å². The van der Waals surface area contributed by atoms with Gasteiger partial charge in [-0.05, 0) is 35.7 Å². The molecule has 1 aromatic rings. The van der Waals surface area contributed by atoms with E-state index in [9.17, 15) is 9.90 Å². The predicted octanol–water partition coefficient (Wildman–Crippen LogP) is 1.37. The first-order valence-electron chi connectivity index (χ1n) is 3.64. The van der Waals surface area contributed by atoms with Gasteiger partial charge in [-0.2, -0.15) is 0 Å². The highest BCUT2D eigenvalue weighted by atomic mass is 79.9. The number of halogens is 1. The van der Waals surface area contributed by atoms with E-state index in [-0.39, 0.29) is 5.56 Å². The minimum atomic E-state index is -1.13. The third kappa shape index (κ3) is 2.08. The van der Waals surface area contributed by atoms with Crippen LogP contribution >= 0.6 is 15.9 Å². The van der Waals surface area contributed by atoms with Crippen molar-refractivity contribution in [3.05, 3.63) is 33.8 Å². The van der Waals surface area contributed by atoms with Crippen LogP contribution < -0.4 is 5.11 Å². The molecule has 0 aliphatic rings. The van der Waals surface area contributed by atoms with E-state index >= 15 is 0 Å². The molecule has 1 aromatic carbocycles. The van der Waals surface area contributed by atoms with Crippen molar-refractivity contribution in [2.75, 3.05) is 0 Å². The molecule has 0 aliphatic heterocycles. The van der Waals surface area contributed by atoms with Gasteiger partial charge in [0, 0.05) is 4.47 Å². The number of rotatable bonds is 2. The summed E-state index contributed by atoms with van der Waals surface area (Å²) in [5.41, 5.74) is 1.21. The van der Waals surface area contributed by atoms with Crippen molar-refractivity contribution in [2.24, 2.45) is 0 Å². The molecule has 0 bridgehead atoms. The van der Waals surface area contributed by atoms with Crippen LogP contribution in [0.4, 0.5) is 0 Å². The highest BCUT2D eigenvalue weighted by Crippen LogP contribution is 2.15. The highest BCUT2D eigenvalue weighted by molar-refractivity contribution is 9.10. The van der Waals surface area contributed by atoms with Gasteiger partial charge < -0.3 is 9.90 Å². The van der Waals surface area contributed by atoms with E-state index in [1.54, 1.807) is 6.07 Å². The van der Waals surface area contributed by atoms with Gasteiger partial charge in [-0.1, -0.05) is 22.9 Å². The molecule has 0 fully saturated rings. The summed E-state index contributed by atoms with van der Waals surface area (Å²) in [7, 11) is 0. The topological polar surface area (TPSA) is 40.1 Å². The minimum absolute atomic E-state index is 0.223. The van der Waals surface area contributed by atoms with Gasteiger partial charge in [-0.15, -0.1) is 0 Å². The Morgan fingerprint density at radius 2 is 2.17 bits per heavy atom. The number of aromatic carboxylic acids is 1. The number of carbonyl (C=O) groups is 1. The van der Waals surface area contributed by atoms with E-state index in [4.69, 9.17) is 0 Å². The lowest BCUT2D eigenvalue weighted by Gasteiger charge is -2.05. The molecule has 0 spiro atoms. The van der Waals surface area contributed by atoms with Crippen LogP contribution in [0.1, 0.15) is 22.8 Å². The second-order valence-electron chi connectivity index (χ2n) is 2.49. The Morgan fingerprint density at radius 1 is 1.50 bits per heavy atom. The lowest BCUT2D eigenvalue weighted by Crippen LogP contribution is -2.22. The maximum atomic E-state index is 10.5. The Balaban J connectivity index is 3.15. The molecule has 0 amide bonds. The van der Waals surface area contributed by atoms with E-state index < -0.39 is 5.97 Å². The summed E-state index contributed by atoms with van der Waals surface area (Å²) in [6.45, 7) is 1.97. The van der Waals surface area contributed by atoms with Crippen LogP contribution in [0, 0.1) is 0 Å². The van der Waals surface area contributed by atoms with Crippen LogP contribution in [-0.2, 0) is 6.42 Å². The molecular formula is C9H8BrO2-. The molecule has 0 aliphatic carbocycles. The van der Waals surface area contributed by atoms with Crippen molar-refractivity contribution >= 4 is 21.9 Å². The first kappa shape index (κ1) is 9.26. The van der Waals surface area contributed by atoms with Gasteiger partial charge in [0.2, 0.25) is 0 Å². The van der Waals surface area contributed by atoms with Gasteiger partial charge in [-0.25, -0.2) is 0 Å². The van der Waals surface area contributed by atoms with Gasteiger partial charge in [0.15, 0.2) is 0 Å². The molecule has 0 heterocycles. The number of benzene rings is 1. The van der Waals surface area contributed by atoms with Crippen molar-refractivity contribution in [1.82, 2.24) is 0 Å². The van der Waals surface area contributed by atoms with Gasteiger partial charge in [-0.3, -0.25) is 0 Å². The largest absolute Gasteiger partial charge is 0.545 e. The Kier molecular flexibility index (Phi) is 2.87. The summed E-state index contributed by atoms with van der Waals surface area (Å²) < 4.78 is 0.779. The number of carboxylic acid groups (broad SMARTS) is 1. The van der Waals surface area contributed by atoms with E-state index in [1.807, 2.05) is 13.0 Å². The lowest BCUT2D eigenvalue weighted by molar-refractivity contribution is -0.255. The fraction of sp³-hybridized carbons (Fsp3) is 0.222. The summed E-state index contributed by atoms with van der Waals surface area (Å²) in [4.78, 5) is 10.5. The van der Waals surface area contributed by atoms with Crippen molar-refractivity contribution in [1.29, 1.82) is 0 Å². The minimum Gasteiger partial charge on any atom is -0.545 e. The Morgan fingerprint density at radius 3 is 2.67 bits per heavy atom. The number of carbonyl (C=O) groups excluding carboxylic acids is 1. The number of carboxylic acids is 1. The third-order valence-electron chi connectivity index (χ3n) is 1.60. The average Bonchev–Trinajstić information content (AvgIpc) is 2.03. The molecule has 0 unspecified atom stereocenters. The van der Waals surface area contributed by atoms with Crippen molar-refractivity contribution in [2.45, 2.75) is 13.3 Å². The molecule has 64 valence electrons. The SMILES string of the molecule is CCc1cc(Br)cc(C(=O)[O-])c1. The Bertz CT molecular complexity index is 307. The van der Waals surface area contributed by atoms with E-state index in [1.165, 1.54) is 6.07 Å². The van der Waals surface area contributed by atoms with Crippen LogP contribution in [0.25, 0.3) is 0 Å². The Hall–Kier alpha value is -0.830. The van der Waals surface area contributed by atoms with Crippen molar-refractivity contribution in [3.8, 4) is 0 Å². The molecule has 3 heteroatoms. The molecule has 0 aromatic heterocycles. The molecular weight excluding hydrogens is 220 g/mol. The first-order valence-corrected chi connectivity index (χ1v) is 4.43. The zero-order chi connectivity index (χ0) is 9.14. The molecule has 0 N–H and O–H groups in total. The molecule has 1 rings (SSSR count). The van der Waals surface area contributed by atoms with Gasteiger partial charge >= 0.3 is 0 Å². The Labute approximate surface area is 79.3 Å². The zero-order valence-electron chi connectivity index (χ0n) is 6.63. The second kappa shape index (κ2) is 3.72. The molecule has 2 nitrogen and oxygen atoms in total. The fourth-order valence-electron chi connectivity index (χ4n) is 0.972. The number of hydrogen-bond acceptors (Lipinski definition) is 2. The van der Waals surface area contributed by atoms with E-state index in [0.717, 1.165) is 16.5 Å². The van der Waals surface area contributed by atoms with Gasteiger partial charge in [0.25, 0.3) is 0 Å². The van der Waals surface area contributed by atoms with Crippen LogP contribution in [0.15, 0.2) is 22.7 Å². The molecule has 12 heavy (non-hydrogen) atoms. The summed E-state index contributed by atoms with van der Waals surface area (Å²) in [5.74, 6) is -1.13. The van der Waals surface area contributed by atoms with Crippen LogP contribution in [0.2, 0.25) is 0 Å². The van der Waals surface area contributed by atoms with Gasteiger partial charge in [0.1, 0.15) is 0 Å². The highest BCUT2D eigenvalue weighted by Gasteiger charge is 1.98. The van der Waals surface area contributed by atoms with Crippen LogP contribution in [-0.4, -0.2) is 5.97 Å². The van der Waals surface area contributed by atoms with Crippen molar-refractivity contribution < 1.29 is 9.90 Å². The fourth-order valence-corrected chi connectivity index (χ4v) is 1.51.